The predicted molar refractivity (Wildman–Crippen MR) is 75.6 cm³/mol. The predicted octanol–water partition coefficient (Wildman–Crippen LogP) is 2.87. The minimum absolute atomic E-state index is 0.653. The topological polar surface area (TPSA) is 15.3 Å². The van der Waals surface area contributed by atoms with Crippen molar-refractivity contribution >= 4 is 11.3 Å². The summed E-state index contributed by atoms with van der Waals surface area (Å²) in [5, 5.41) is 3.71. The summed E-state index contributed by atoms with van der Waals surface area (Å²) in [5.41, 5.74) is 0. The van der Waals surface area contributed by atoms with Crippen molar-refractivity contribution in [2.45, 2.75) is 46.3 Å². The molecule has 1 saturated heterocycles. The first-order chi connectivity index (χ1) is 8.06. The zero-order valence-corrected chi connectivity index (χ0v) is 12.2. The van der Waals surface area contributed by atoms with E-state index in [0.29, 0.717) is 12.1 Å². The molecule has 1 aromatic heterocycles. The zero-order chi connectivity index (χ0) is 12.4. The van der Waals surface area contributed by atoms with Crippen molar-refractivity contribution in [3.05, 3.63) is 21.9 Å². The molecule has 0 aromatic carbocycles. The highest BCUT2D eigenvalue weighted by Crippen LogP contribution is 2.20. The molecule has 0 saturated carbocycles. The van der Waals surface area contributed by atoms with Gasteiger partial charge in [-0.1, -0.05) is 6.92 Å². The van der Waals surface area contributed by atoms with Crippen molar-refractivity contribution < 1.29 is 0 Å². The molecular weight excluding hydrogens is 228 g/mol. The average molecular weight is 252 g/mol. The molecule has 0 radical (unpaired) electrons. The Hall–Kier alpha value is -0.380. The van der Waals surface area contributed by atoms with Crippen molar-refractivity contribution in [3.63, 3.8) is 0 Å². The average Bonchev–Trinajstić information content (AvgIpc) is 2.82. The molecule has 0 bridgehead atoms. The maximum Gasteiger partial charge on any atom is 0.0303 e. The number of nitrogens with zero attached hydrogens (tertiary/aromatic N) is 1. The van der Waals surface area contributed by atoms with E-state index in [1.807, 2.05) is 11.3 Å². The van der Waals surface area contributed by atoms with E-state index in [9.17, 15) is 0 Å². The van der Waals surface area contributed by atoms with Gasteiger partial charge in [0.2, 0.25) is 0 Å². The van der Waals surface area contributed by atoms with Crippen LogP contribution in [-0.2, 0) is 6.54 Å². The third-order valence-electron chi connectivity index (χ3n) is 3.71. The van der Waals surface area contributed by atoms with Gasteiger partial charge in [0, 0.05) is 41.5 Å². The lowest BCUT2D eigenvalue weighted by Gasteiger charge is -2.20. The minimum Gasteiger partial charge on any atom is -0.308 e. The smallest absolute Gasteiger partial charge is 0.0303 e. The molecule has 1 aromatic rings. The van der Waals surface area contributed by atoms with Crippen molar-refractivity contribution in [1.82, 2.24) is 10.2 Å². The number of rotatable bonds is 4. The Morgan fingerprint density at radius 1 is 1.41 bits per heavy atom. The molecule has 1 fully saturated rings. The van der Waals surface area contributed by atoms with Crippen LogP contribution < -0.4 is 5.32 Å². The number of thiophene rings is 1. The molecule has 1 N–H and O–H groups in total. The van der Waals surface area contributed by atoms with Crippen LogP contribution in [0.3, 0.4) is 0 Å². The minimum atomic E-state index is 0.653. The lowest BCUT2D eigenvalue weighted by Crippen LogP contribution is -2.36. The maximum atomic E-state index is 3.71. The van der Waals surface area contributed by atoms with Crippen LogP contribution in [-0.4, -0.2) is 30.1 Å². The summed E-state index contributed by atoms with van der Waals surface area (Å²) >= 11 is 1.90. The molecule has 1 aliphatic heterocycles. The Balaban J connectivity index is 1.83. The highest BCUT2D eigenvalue weighted by molar-refractivity contribution is 7.11. The molecule has 3 heteroatoms. The van der Waals surface area contributed by atoms with Crippen LogP contribution in [0.4, 0.5) is 0 Å². The molecule has 96 valence electrons. The zero-order valence-electron chi connectivity index (χ0n) is 11.4. The second-order valence-electron chi connectivity index (χ2n) is 5.52. The van der Waals surface area contributed by atoms with Crippen LogP contribution in [0.25, 0.3) is 0 Å². The fourth-order valence-corrected chi connectivity index (χ4v) is 3.34. The molecule has 1 aliphatic rings. The summed E-state index contributed by atoms with van der Waals surface area (Å²) in [5.74, 6) is 0.762. The molecule has 2 unspecified atom stereocenters. The van der Waals surface area contributed by atoms with Crippen molar-refractivity contribution in [1.29, 1.82) is 0 Å². The van der Waals surface area contributed by atoms with Crippen LogP contribution in [0.15, 0.2) is 12.1 Å². The fourth-order valence-electron chi connectivity index (χ4n) is 2.50. The van der Waals surface area contributed by atoms with Gasteiger partial charge in [-0.3, -0.25) is 4.90 Å². The lowest BCUT2D eigenvalue weighted by molar-refractivity contribution is 0.264. The van der Waals surface area contributed by atoms with Gasteiger partial charge in [-0.2, -0.15) is 0 Å². The van der Waals surface area contributed by atoms with Crippen LogP contribution in [0.1, 0.15) is 30.5 Å². The van der Waals surface area contributed by atoms with Gasteiger partial charge in [-0.25, -0.2) is 0 Å². The van der Waals surface area contributed by atoms with Crippen LogP contribution >= 0.6 is 11.3 Å². The summed E-state index contributed by atoms with van der Waals surface area (Å²) in [6, 6.07) is 5.78. The molecule has 0 aliphatic carbocycles. The van der Waals surface area contributed by atoms with Crippen LogP contribution in [0.2, 0.25) is 0 Å². The highest BCUT2D eigenvalue weighted by atomic mass is 32.1. The van der Waals surface area contributed by atoms with Gasteiger partial charge >= 0.3 is 0 Å². The Morgan fingerprint density at radius 2 is 2.18 bits per heavy atom. The van der Waals surface area contributed by atoms with Gasteiger partial charge in [0.05, 0.1) is 0 Å². The second-order valence-corrected chi connectivity index (χ2v) is 6.90. The van der Waals surface area contributed by atoms with Gasteiger partial charge in [-0.05, 0) is 38.8 Å². The van der Waals surface area contributed by atoms with E-state index in [2.05, 4.69) is 50.0 Å². The lowest BCUT2D eigenvalue weighted by atomic mass is 10.1. The fraction of sp³-hybridized carbons (Fsp3) is 0.714. The van der Waals surface area contributed by atoms with Gasteiger partial charge in [0.15, 0.2) is 0 Å². The molecule has 2 heterocycles. The first-order valence-electron chi connectivity index (χ1n) is 6.59. The molecule has 2 nitrogen and oxygen atoms in total. The second kappa shape index (κ2) is 5.51. The summed E-state index contributed by atoms with van der Waals surface area (Å²) in [6.45, 7) is 12.6. The normalized spacial score (nSPS) is 25.9. The molecule has 0 spiro atoms. The Labute approximate surface area is 109 Å². The quantitative estimate of drug-likeness (QED) is 0.886. The summed E-state index contributed by atoms with van der Waals surface area (Å²) < 4.78 is 0. The van der Waals surface area contributed by atoms with Gasteiger partial charge in [0.25, 0.3) is 0 Å². The number of likely N-dealkylation sites (tertiary alicyclic amines) is 1. The number of hydrogen-bond acceptors (Lipinski definition) is 3. The van der Waals surface area contributed by atoms with E-state index in [0.717, 1.165) is 12.5 Å². The maximum absolute atomic E-state index is 3.71. The third-order valence-corrected chi connectivity index (χ3v) is 4.71. The van der Waals surface area contributed by atoms with Crippen LogP contribution in [0.5, 0.6) is 0 Å². The first kappa shape index (κ1) is 13.1. The van der Waals surface area contributed by atoms with E-state index in [4.69, 9.17) is 0 Å². The van der Waals surface area contributed by atoms with Crippen LogP contribution in [0, 0.1) is 12.8 Å². The van der Waals surface area contributed by atoms with E-state index in [1.165, 1.54) is 22.8 Å². The van der Waals surface area contributed by atoms with E-state index < -0.39 is 0 Å². The monoisotopic (exact) mass is 252 g/mol. The Morgan fingerprint density at radius 3 is 2.71 bits per heavy atom. The van der Waals surface area contributed by atoms with Gasteiger partial charge in [0.1, 0.15) is 0 Å². The third kappa shape index (κ3) is 3.30. The number of nitrogens with one attached hydrogen (secondary N) is 1. The van der Waals surface area contributed by atoms with Gasteiger partial charge < -0.3 is 5.32 Å². The van der Waals surface area contributed by atoms with Crippen molar-refractivity contribution in [2.75, 3.05) is 13.1 Å². The van der Waals surface area contributed by atoms with E-state index >= 15 is 0 Å². The molecule has 2 rings (SSSR count). The molecule has 0 amide bonds. The molecular formula is C14H24N2S. The van der Waals surface area contributed by atoms with E-state index in [-0.39, 0.29) is 0 Å². The van der Waals surface area contributed by atoms with Crippen molar-refractivity contribution in [3.8, 4) is 0 Å². The standard InChI is InChI=1S/C14H24N2S/c1-10(2)16-8-11(3)14(9-16)15-7-13-6-5-12(4)17-13/h5-6,10-11,14-15H,7-9H2,1-4H3. The number of hydrogen-bond donors (Lipinski definition) is 1. The highest BCUT2D eigenvalue weighted by Gasteiger charge is 2.30. The Bertz CT molecular complexity index is 359. The van der Waals surface area contributed by atoms with Crippen molar-refractivity contribution in [2.24, 2.45) is 5.92 Å². The summed E-state index contributed by atoms with van der Waals surface area (Å²) in [7, 11) is 0. The first-order valence-corrected chi connectivity index (χ1v) is 7.40. The molecule has 2 atom stereocenters. The molecule has 17 heavy (non-hydrogen) atoms. The van der Waals surface area contributed by atoms with E-state index in [1.54, 1.807) is 0 Å². The summed E-state index contributed by atoms with van der Waals surface area (Å²) in [4.78, 5) is 5.44. The van der Waals surface area contributed by atoms with Gasteiger partial charge in [-0.15, -0.1) is 11.3 Å². The summed E-state index contributed by atoms with van der Waals surface area (Å²) in [6.07, 6.45) is 0. The largest absolute Gasteiger partial charge is 0.308 e. The Kier molecular flexibility index (Phi) is 4.23. The number of aryl methyl sites for hydroxylation is 1. The SMILES string of the molecule is Cc1ccc(CNC2CN(C(C)C)CC2C)s1.